The summed E-state index contributed by atoms with van der Waals surface area (Å²) in [5.41, 5.74) is 0. The lowest BCUT2D eigenvalue weighted by Crippen LogP contribution is -2.38. The number of hydrogen-bond donors (Lipinski definition) is 2. The zero-order chi connectivity index (χ0) is 12.1. The highest BCUT2D eigenvalue weighted by molar-refractivity contribution is 5.77. The molecule has 17 heavy (non-hydrogen) atoms. The molecule has 0 aromatic heterocycles. The first-order valence-electron chi connectivity index (χ1n) is 6.85. The van der Waals surface area contributed by atoms with Crippen molar-refractivity contribution in [2.45, 2.75) is 51.2 Å². The molecule has 1 saturated heterocycles. The highest BCUT2D eigenvalue weighted by atomic mass is 16.5. The summed E-state index contributed by atoms with van der Waals surface area (Å²) in [4.78, 5) is 11.7. The monoisotopic (exact) mass is 240 g/mol. The van der Waals surface area contributed by atoms with Gasteiger partial charge in [0.15, 0.2) is 0 Å². The molecule has 98 valence electrons. The fourth-order valence-corrected chi connectivity index (χ4v) is 2.76. The molecule has 0 bridgehead atoms. The second-order valence-corrected chi connectivity index (χ2v) is 5.44. The van der Waals surface area contributed by atoms with Gasteiger partial charge in [-0.15, -0.1) is 0 Å². The second-order valence-electron chi connectivity index (χ2n) is 5.44. The number of ether oxygens (including phenoxy) is 1. The van der Waals surface area contributed by atoms with Gasteiger partial charge in [0.05, 0.1) is 6.10 Å². The van der Waals surface area contributed by atoms with Crippen LogP contribution in [0.3, 0.4) is 0 Å². The number of carbonyl (C=O) groups is 1. The summed E-state index contributed by atoms with van der Waals surface area (Å²) in [6.07, 6.45) is 5.80. The van der Waals surface area contributed by atoms with E-state index in [-0.39, 0.29) is 18.6 Å². The molecule has 1 heterocycles. The Kier molecular flexibility index (Phi) is 4.80. The van der Waals surface area contributed by atoms with Crippen LogP contribution in [0.4, 0.5) is 0 Å². The predicted molar refractivity (Wildman–Crippen MR) is 66.8 cm³/mol. The molecule has 2 unspecified atom stereocenters. The van der Waals surface area contributed by atoms with Crippen LogP contribution in [-0.4, -0.2) is 37.7 Å². The van der Waals surface area contributed by atoms with Gasteiger partial charge in [0.1, 0.15) is 6.61 Å². The van der Waals surface area contributed by atoms with Crippen molar-refractivity contribution in [2.75, 3.05) is 19.7 Å². The normalized spacial score (nSPS) is 30.4. The van der Waals surface area contributed by atoms with E-state index in [4.69, 9.17) is 4.74 Å². The van der Waals surface area contributed by atoms with Crippen molar-refractivity contribution < 1.29 is 9.53 Å². The Balaban J connectivity index is 1.60. The third-order valence-electron chi connectivity index (χ3n) is 3.80. The maximum absolute atomic E-state index is 11.7. The fraction of sp³-hybridized carbons (Fsp3) is 0.923. The van der Waals surface area contributed by atoms with Crippen LogP contribution in [0.15, 0.2) is 0 Å². The summed E-state index contributed by atoms with van der Waals surface area (Å²) in [5.74, 6) is 0.813. The largest absolute Gasteiger partial charge is 0.368 e. The SMILES string of the molecule is CC1CCC(NC(=O)COC2CCNCC2)C1. The van der Waals surface area contributed by atoms with E-state index in [9.17, 15) is 4.79 Å². The van der Waals surface area contributed by atoms with Crippen LogP contribution in [-0.2, 0) is 9.53 Å². The van der Waals surface area contributed by atoms with E-state index in [1.165, 1.54) is 6.42 Å². The predicted octanol–water partition coefficient (Wildman–Crippen LogP) is 1.06. The molecule has 2 rings (SSSR count). The first-order chi connectivity index (χ1) is 8.24. The van der Waals surface area contributed by atoms with E-state index in [2.05, 4.69) is 17.6 Å². The number of rotatable bonds is 4. The summed E-state index contributed by atoms with van der Waals surface area (Å²) in [7, 11) is 0. The van der Waals surface area contributed by atoms with Crippen molar-refractivity contribution in [1.82, 2.24) is 10.6 Å². The highest BCUT2D eigenvalue weighted by Gasteiger charge is 2.23. The van der Waals surface area contributed by atoms with E-state index in [0.29, 0.717) is 6.04 Å². The Morgan fingerprint density at radius 2 is 2.06 bits per heavy atom. The number of piperidine rings is 1. The fourth-order valence-electron chi connectivity index (χ4n) is 2.76. The van der Waals surface area contributed by atoms with Crippen LogP contribution in [0.2, 0.25) is 0 Å². The molecular formula is C13H24N2O2. The van der Waals surface area contributed by atoms with Crippen molar-refractivity contribution in [3.8, 4) is 0 Å². The van der Waals surface area contributed by atoms with E-state index in [1.807, 2.05) is 0 Å². The number of nitrogens with one attached hydrogen (secondary N) is 2. The molecule has 1 aliphatic heterocycles. The van der Waals surface area contributed by atoms with Gasteiger partial charge >= 0.3 is 0 Å². The van der Waals surface area contributed by atoms with Gasteiger partial charge in [0, 0.05) is 6.04 Å². The molecule has 2 aliphatic rings. The highest BCUT2D eigenvalue weighted by Crippen LogP contribution is 2.24. The Labute approximate surface area is 103 Å². The van der Waals surface area contributed by atoms with Crippen molar-refractivity contribution in [1.29, 1.82) is 0 Å². The summed E-state index contributed by atoms with van der Waals surface area (Å²) in [6.45, 7) is 4.49. The zero-order valence-electron chi connectivity index (χ0n) is 10.7. The standard InChI is InChI=1S/C13H24N2O2/c1-10-2-3-11(8-10)15-13(16)9-17-12-4-6-14-7-5-12/h10-12,14H,2-9H2,1H3,(H,15,16). The molecule has 0 spiro atoms. The Hall–Kier alpha value is -0.610. The van der Waals surface area contributed by atoms with E-state index >= 15 is 0 Å². The minimum atomic E-state index is 0.0580. The smallest absolute Gasteiger partial charge is 0.246 e. The van der Waals surface area contributed by atoms with Crippen molar-refractivity contribution in [3.63, 3.8) is 0 Å². The molecule has 0 aromatic carbocycles. The average molecular weight is 240 g/mol. The molecule has 1 saturated carbocycles. The van der Waals surface area contributed by atoms with Crippen LogP contribution < -0.4 is 10.6 Å². The quantitative estimate of drug-likeness (QED) is 0.772. The van der Waals surface area contributed by atoms with Crippen LogP contribution >= 0.6 is 0 Å². The lowest BCUT2D eigenvalue weighted by molar-refractivity contribution is -0.128. The first-order valence-corrected chi connectivity index (χ1v) is 6.85. The van der Waals surface area contributed by atoms with Crippen LogP contribution in [0.25, 0.3) is 0 Å². The Morgan fingerprint density at radius 1 is 1.29 bits per heavy atom. The van der Waals surface area contributed by atoms with Crippen molar-refractivity contribution in [2.24, 2.45) is 5.92 Å². The minimum absolute atomic E-state index is 0.0580. The molecule has 1 aliphatic carbocycles. The lowest BCUT2D eigenvalue weighted by Gasteiger charge is -2.23. The van der Waals surface area contributed by atoms with Crippen LogP contribution in [0.5, 0.6) is 0 Å². The molecular weight excluding hydrogens is 216 g/mol. The van der Waals surface area contributed by atoms with Gasteiger partial charge in [0.2, 0.25) is 5.91 Å². The molecule has 4 heteroatoms. The summed E-state index contributed by atoms with van der Waals surface area (Å²) in [5, 5.41) is 6.35. The molecule has 2 atom stereocenters. The van der Waals surface area contributed by atoms with Crippen molar-refractivity contribution >= 4 is 5.91 Å². The van der Waals surface area contributed by atoms with E-state index in [0.717, 1.165) is 44.7 Å². The number of carbonyl (C=O) groups excluding carboxylic acids is 1. The lowest BCUT2D eigenvalue weighted by atomic mass is 10.1. The average Bonchev–Trinajstić information content (AvgIpc) is 2.73. The zero-order valence-corrected chi connectivity index (χ0v) is 10.7. The molecule has 2 N–H and O–H groups in total. The van der Waals surface area contributed by atoms with Gasteiger partial charge in [-0.25, -0.2) is 0 Å². The molecule has 2 fully saturated rings. The number of hydrogen-bond acceptors (Lipinski definition) is 3. The summed E-state index contributed by atoms with van der Waals surface area (Å²) < 4.78 is 5.63. The van der Waals surface area contributed by atoms with E-state index < -0.39 is 0 Å². The molecule has 0 aromatic rings. The van der Waals surface area contributed by atoms with Gasteiger partial charge in [-0.1, -0.05) is 6.92 Å². The van der Waals surface area contributed by atoms with Crippen molar-refractivity contribution in [3.05, 3.63) is 0 Å². The topological polar surface area (TPSA) is 50.4 Å². The Morgan fingerprint density at radius 3 is 2.71 bits per heavy atom. The van der Waals surface area contributed by atoms with Gasteiger partial charge in [-0.05, 0) is 51.1 Å². The maximum atomic E-state index is 11.7. The van der Waals surface area contributed by atoms with Gasteiger partial charge < -0.3 is 15.4 Å². The molecule has 1 amide bonds. The summed E-state index contributed by atoms with van der Waals surface area (Å²) in [6, 6.07) is 0.383. The molecule has 0 radical (unpaired) electrons. The third-order valence-corrected chi connectivity index (χ3v) is 3.80. The van der Waals surface area contributed by atoms with Gasteiger partial charge in [0.25, 0.3) is 0 Å². The summed E-state index contributed by atoms with van der Waals surface area (Å²) >= 11 is 0. The Bertz CT molecular complexity index is 252. The van der Waals surface area contributed by atoms with Gasteiger partial charge in [-0.2, -0.15) is 0 Å². The molecule has 4 nitrogen and oxygen atoms in total. The minimum Gasteiger partial charge on any atom is -0.368 e. The maximum Gasteiger partial charge on any atom is 0.246 e. The van der Waals surface area contributed by atoms with E-state index in [1.54, 1.807) is 0 Å². The van der Waals surface area contributed by atoms with Crippen LogP contribution in [0.1, 0.15) is 39.0 Å². The van der Waals surface area contributed by atoms with Crippen LogP contribution in [0, 0.1) is 5.92 Å². The third kappa shape index (κ3) is 4.28. The van der Waals surface area contributed by atoms with Gasteiger partial charge in [-0.3, -0.25) is 4.79 Å². The first kappa shape index (κ1) is 12.8. The number of amides is 1. The second kappa shape index (κ2) is 6.36.